The zero-order valence-electron chi connectivity index (χ0n) is 10.5. The third-order valence-corrected chi connectivity index (χ3v) is 3.39. The maximum absolute atomic E-state index is 5.75. The lowest BCUT2D eigenvalue weighted by Crippen LogP contribution is -2.26. The van der Waals surface area contributed by atoms with Crippen molar-refractivity contribution in [3.05, 3.63) is 35.4 Å². The highest BCUT2D eigenvalue weighted by Crippen LogP contribution is 2.47. The summed E-state index contributed by atoms with van der Waals surface area (Å²) in [6, 6.07) is 2.04. The van der Waals surface area contributed by atoms with Crippen molar-refractivity contribution in [3.8, 4) is 11.5 Å². The summed E-state index contributed by atoms with van der Waals surface area (Å²) in [6.45, 7) is 4.43. The lowest BCUT2D eigenvalue weighted by Gasteiger charge is -2.33. The fraction of sp³-hybridized carbons (Fsp3) is 0.429. The van der Waals surface area contributed by atoms with Gasteiger partial charge in [0.25, 0.3) is 0 Å². The van der Waals surface area contributed by atoms with Crippen LogP contribution in [0.5, 0.6) is 11.5 Å². The van der Waals surface area contributed by atoms with Crippen LogP contribution in [0.4, 0.5) is 0 Å². The SMILES string of the molecule is C=CCc1cc(OC)c2c(c1OC)CC2CN. The van der Waals surface area contributed by atoms with E-state index < -0.39 is 0 Å². The molecule has 2 N–H and O–H groups in total. The molecular formula is C14H19NO2. The molecule has 1 aromatic rings. The third-order valence-electron chi connectivity index (χ3n) is 3.39. The smallest absolute Gasteiger partial charge is 0.126 e. The summed E-state index contributed by atoms with van der Waals surface area (Å²) in [5.41, 5.74) is 9.35. The molecule has 0 bridgehead atoms. The molecule has 0 heterocycles. The Balaban J connectivity index is 2.53. The number of benzene rings is 1. The minimum Gasteiger partial charge on any atom is -0.496 e. The van der Waals surface area contributed by atoms with Crippen LogP contribution in [0.25, 0.3) is 0 Å². The molecule has 1 aliphatic rings. The van der Waals surface area contributed by atoms with Crippen LogP contribution in [0.2, 0.25) is 0 Å². The number of nitrogens with two attached hydrogens (primary N) is 1. The van der Waals surface area contributed by atoms with Crippen LogP contribution in [0, 0.1) is 0 Å². The molecule has 17 heavy (non-hydrogen) atoms. The molecule has 0 aromatic heterocycles. The number of methoxy groups -OCH3 is 2. The van der Waals surface area contributed by atoms with E-state index in [9.17, 15) is 0 Å². The lowest BCUT2D eigenvalue weighted by atomic mass is 9.75. The maximum atomic E-state index is 5.75. The van der Waals surface area contributed by atoms with E-state index in [0.717, 1.165) is 29.9 Å². The first kappa shape index (κ1) is 12.0. The normalized spacial score (nSPS) is 17.0. The van der Waals surface area contributed by atoms with E-state index in [1.54, 1.807) is 14.2 Å². The molecule has 0 aliphatic heterocycles. The van der Waals surface area contributed by atoms with Gasteiger partial charge in [-0.1, -0.05) is 6.08 Å². The second-order valence-electron chi connectivity index (χ2n) is 4.29. The van der Waals surface area contributed by atoms with Gasteiger partial charge in [0.2, 0.25) is 0 Å². The van der Waals surface area contributed by atoms with Gasteiger partial charge in [0, 0.05) is 22.6 Å². The molecule has 1 aliphatic carbocycles. The summed E-state index contributed by atoms with van der Waals surface area (Å²) >= 11 is 0. The summed E-state index contributed by atoms with van der Waals surface area (Å²) in [6.07, 6.45) is 3.65. The Morgan fingerprint density at radius 3 is 2.76 bits per heavy atom. The molecule has 1 atom stereocenters. The van der Waals surface area contributed by atoms with Gasteiger partial charge in [-0.3, -0.25) is 0 Å². The summed E-state index contributed by atoms with van der Waals surface area (Å²) in [5, 5.41) is 0. The molecule has 0 saturated heterocycles. The third kappa shape index (κ3) is 1.80. The van der Waals surface area contributed by atoms with E-state index in [4.69, 9.17) is 15.2 Å². The second kappa shape index (κ2) is 4.80. The molecule has 0 saturated carbocycles. The fourth-order valence-electron chi connectivity index (χ4n) is 2.57. The standard InChI is InChI=1S/C14H19NO2/c1-4-5-9-7-12(16-2)13-10(8-15)6-11(13)14(9)17-3/h4,7,10H,1,5-6,8,15H2,2-3H3. The minimum absolute atomic E-state index is 0.409. The highest BCUT2D eigenvalue weighted by atomic mass is 16.5. The molecule has 0 fully saturated rings. The van der Waals surface area contributed by atoms with E-state index in [1.165, 1.54) is 11.1 Å². The van der Waals surface area contributed by atoms with Crippen LogP contribution >= 0.6 is 0 Å². The Bertz CT molecular complexity index is 440. The summed E-state index contributed by atoms with van der Waals surface area (Å²) in [7, 11) is 3.41. The van der Waals surface area contributed by atoms with Gasteiger partial charge in [0.05, 0.1) is 14.2 Å². The zero-order chi connectivity index (χ0) is 12.4. The molecule has 0 amide bonds. The van der Waals surface area contributed by atoms with Crippen LogP contribution in [-0.4, -0.2) is 20.8 Å². The molecule has 1 aromatic carbocycles. The molecule has 92 valence electrons. The largest absolute Gasteiger partial charge is 0.496 e. The van der Waals surface area contributed by atoms with E-state index in [0.29, 0.717) is 12.5 Å². The number of ether oxygens (including phenoxy) is 2. The molecule has 3 heteroatoms. The van der Waals surface area contributed by atoms with E-state index in [2.05, 4.69) is 6.58 Å². The highest BCUT2D eigenvalue weighted by Gasteiger charge is 2.33. The van der Waals surface area contributed by atoms with E-state index in [1.807, 2.05) is 12.1 Å². The quantitative estimate of drug-likeness (QED) is 0.791. The van der Waals surface area contributed by atoms with Gasteiger partial charge in [-0.25, -0.2) is 0 Å². The molecular weight excluding hydrogens is 214 g/mol. The average molecular weight is 233 g/mol. The summed E-state index contributed by atoms with van der Waals surface area (Å²) < 4.78 is 11.0. The van der Waals surface area contributed by atoms with E-state index >= 15 is 0 Å². The van der Waals surface area contributed by atoms with Crippen molar-refractivity contribution in [1.82, 2.24) is 0 Å². The Labute approximate surface area is 102 Å². The fourth-order valence-corrected chi connectivity index (χ4v) is 2.57. The Morgan fingerprint density at radius 2 is 2.24 bits per heavy atom. The van der Waals surface area contributed by atoms with Gasteiger partial charge in [-0.2, -0.15) is 0 Å². The number of hydrogen-bond donors (Lipinski definition) is 1. The Kier molecular flexibility index (Phi) is 3.38. The van der Waals surface area contributed by atoms with Crippen LogP contribution in [-0.2, 0) is 12.8 Å². The van der Waals surface area contributed by atoms with Crippen molar-refractivity contribution in [1.29, 1.82) is 0 Å². The number of allylic oxidation sites excluding steroid dienone is 1. The van der Waals surface area contributed by atoms with Crippen LogP contribution in [0.15, 0.2) is 18.7 Å². The molecule has 0 radical (unpaired) electrons. The van der Waals surface area contributed by atoms with Gasteiger partial charge >= 0.3 is 0 Å². The second-order valence-corrected chi connectivity index (χ2v) is 4.29. The average Bonchev–Trinajstić information content (AvgIpc) is 2.31. The van der Waals surface area contributed by atoms with Crippen molar-refractivity contribution >= 4 is 0 Å². The van der Waals surface area contributed by atoms with Gasteiger partial charge in [-0.15, -0.1) is 6.58 Å². The molecule has 1 unspecified atom stereocenters. The summed E-state index contributed by atoms with van der Waals surface area (Å²) in [5.74, 6) is 2.32. The minimum atomic E-state index is 0.409. The van der Waals surface area contributed by atoms with Gasteiger partial charge in [0.1, 0.15) is 11.5 Å². The van der Waals surface area contributed by atoms with Gasteiger partial charge in [-0.05, 0) is 25.5 Å². The van der Waals surface area contributed by atoms with Crippen molar-refractivity contribution in [3.63, 3.8) is 0 Å². The van der Waals surface area contributed by atoms with E-state index in [-0.39, 0.29) is 0 Å². The number of rotatable bonds is 5. The lowest BCUT2D eigenvalue weighted by molar-refractivity contribution is 0.373. The predicted octanol–water partition coefficient (Wildman–Crippen LogP) is 2.03. The first-order valence-electron chi connectivity index (χ1n) is 5.84. The van der Waals surface area contributed by atoms with Crippen molar-refractivity contribution in [2.45, 2.75) is 18.8 Å². The number of fused-ring (bicyclic) bond motifs is 1. The molecule has 2 rings (SSSR count). The van der Waals surface area contributed by atoms with Crippen molar-refractivity contribution in [2.75, 3.05) is 20.8 Å². The van der Waals surface area contributed by atoms with Crippen LogP contribution in [0.1, 0.15) is 22.6 Å². The Morgan fingerprint density at radius 1 is 1.47 bits per heavy atom. The first-order chi connectivity index (χ1) is 8.26. The maximum Gasteiger partial charge on any atom is 0.126 e. The van der Waals surface area contributed by atoms with Crippen molar-refractivity contribution < 1.29 is 9.47 Å². The molecule has 3 nitrogen and oxygen atoms in total. The van der Waals surface area contributed by atoms with Crippen molar-refractivity contribution in [2.24, 2.45) is 5.73 Å². The van der Waals surface area contributed by atoms with Crippen LogP contribution < -0.4 is 15.2 Å². The highest BCUT2D eigenvalue weighted by molar-refractivity contribution is 5.61. The summed E-state index contributed by atoms with van der Waals surface area (Å²) in [4.78, 5) is 0. The van der Waals surface area contributed by atoms with Gasteiger partial charge < -0.3 is 15.2 Å². The monoisotopic (exact) mass is 233 g/mol. The zero-order valence-corrected chi connectivity index (χ0v) is 10.5. The van der Waals surface area contributed by atoms with Gasteiger partial charge in [0.15, 0.2) is 0 Å². The molecule has 0 spiro atoms. The first-order valence-corrected chi connectivity index (χ1v) is 5.84. The topological polar surface area (TPSA) is 44.5 Å². The Hall–Kier alpha value is -1.48. The van der Waals surface area contributed by atoms with Crippen LogP contribution in [0.3, 0.4) is 0 Å². The predicted molar refractivity (Wildman–Crippen MR) is 68.9 cm³/mol. The number of hydrogen-bond acceptors (Lipinski definition) is 3.